The largest absolute Gasteiger partial charge is 0.481 e. The molecule has 2 aromatic rings. The molecule has 134 valence electrons. The highest BCUT2D eigenvalue weighted by Crippen LogP contribution is 2.19. The maximum atomic E-state index is 12.3. The van der Waals surface area contributed by atoms with Crippen molar-refractivity contribution in [2.75, 3.05) is 31.6 Å². The summed E-state index contributed by atoms with van der Waals surface area (Å²) in [7, 11) is 0. The Kier molecular flexibility index (Phi) is 6.01. The lowest BCUT2D eigenvalue weighted by molar-refractivity contribution is -0.122. The Labute approximate surface area is 151 Å². The van der Waals surface area contributed by atoms with Gasteiger partial charge in [0.15, 0.2) is 11.2 Å². The highest BCUT2D eigenvalue weighted by molar-refractivity contribution is 7.13. The third-order valence-electron chi connectivity index (χ3n) is 3.97. The average Bonchev–Trinajstić information content (AvgIpc) is 3.04. The zero-order valence-corrected chi connectivity index (χ0v) is 15.3. The fourth-order valence-electron chi connectivity index (χ4n) is 2.51. The first kappa shape index (κ1) is 17.8. The zero-order chi connectivity index (χ0) is 17.6. The van der Waals surface area contributed by atoms with Gasteiger partial charge in [-0.15, -0.1) is 11.3 Å². The lowest BCUT2D eigenvalue weighted by Crippen LogP contribution is -2.35. The number of morpholine rings is 1. The SMILES string of the molecule is Cc1ccc(OC(C)C(=O)Nc2nc(CN3CCOCC3)cs2)cc1. The molecule has 2 heterocycles. The van der Waals surface area contributed by atoms with Crippen molar-refractivity contribution >= 4 is 22.4 Å². The van der Waals surface area contributed by atoms with E-state index in [9.17, 15) is 4.79 Å². The normalized spacial score (nSPS) is 16.4. The Bertz CT molecular complexity index is 696. The second-order valence-electron chi connectivity index (χ2n) is 6.09. The summed E-state index contributed by atoms with van der Waals surface area (Å²) in [5.41, 5.74) is 2.12. The maximum Gasteiger partial charge on any atom is 0.266 e. The lowest BCUT2D eigenvalue weighted by Gasteiger charge is -2.25. The number of thiazole rings is 1. The Morgan fingerprint density at radius 1 is 1.36 bits per heavy atom. The molecule has 1 aliphatic rings. The van der Waals surface area contributed by atoms with Crippen molar-refractivity contribution in [3.63, 3.8) is 0 Å². The third kappa shape index (κ3) is 5.26. The van der Waals surface area contributed by atoms with Gasteiger partial charge in [-0.05, 0) is 26.0 Å². The van der Waals surface area contributed by atoms with Crippen molar-refractivity contribution in [1.82, 2.24) is 9.88 Å². The van der Waals surface area contributed by atoms with Crippen molar-refractivity contribution in [1.29, 1.82) is 0 Å². The van der Waals surface area contributed by atoms with Gasteiger partial charge in [0.1, 0.15) is 5.75 Å². The number of hydrogen-bond acceptors (Lipinski definition) is 6. The lowest BCUT2D eigenvalue weighted by atomic mass is 10.2. The number of benzene rings is 1. The van der Waals surface area contributed by atoms with Gasteiger partial charge in [-0.2, -0.15) is 0 Å². The van der Waals surface area contributed by atoms with Crippen molar-refractivity contribution in [3.8, 4) is 5.75 Å². The maximum absolute atomic E-state index is 12.3. The molecule has 1 aromatic carbocycles. The topological polar surface area (TPSA) is 63.7 Å². The molecule has 0 saturated carbocycles. The minimum Gasteiger partial charge on any atom is -0.481 e. The number of carbonyl (C=O) groups excluding carboxylic acids is 1. The van der Waals surface area contributed by atoms with Gasteiger partial charge >= 0.3 is 0 Å². The van der Waals surface area contributed by atoms with Crippen LogP contribution in [-0.2, 0) is 16.1 Å². The van der Waals surface area contributed by atoms with Crippen molar-refractivity contribution in [3.05, 3.63) is 40.9 Å². The van der Waals surface area contributed by atoms with Gasteiger partial charge in [-0.3, -0.25) is 15.0 Å². The van der Waals surface area contributed by atoms with Crippen molar-refractivity contribution in [2.45, 2.75) is 26.5 Å². The molecular formula is C18H23N3O3S. The van der Waals surface area contributed by atoms with Gasteiger partial charge in [0, 0.05) is 25.0 Å². The molecule has 1 atom stereocenters. The number of carbonyl (C=O) groups is 1. The zero-order valence-electron chi connectivity index (χ0n) is 14.5. The molecule has 1 saturated heterocycles. The Morgan fingerprint density at radius 2 is 2.08 bits per heavy atom. The molecule has 1 unspecified atom stereocenters. The molecule has 1 N–H and O–H groups in total. The van der Waals surface area contributed by atoms with Gasteiger partial charge in [0.25, 0.3) is 5.91 Å². The first-order valence-corrected chi connectivity index (χ1v) is 9.27. The molecule has 7 heteroatoms. The number of rotatable bonds is 6. The molecule has 1 fully saturated rings. The number of ether oxygens (including phenoxy) is 2. The second-order valence-corrected chi connectivity index (χ2v) is 6.95. The predicted octanol–water partition coefficient (Wildman–Crippen LogP) is 2.69. The quantitative estimate of drug-likeness (QED) is 0.857. The van der Waals surface area contributed by atoms with E-state index >= 15 is 0 Å². The van der Waals surface area contributed by atoms with Crippen LogP contribution in [0.2, 0.25) is 0 Å². The van der Waals surface area contributed by atoms with Crippen molar-refractivity contribution in [2.24, 2.45) is 0 Å². The summed E-state index contributed by atoms with van der Waals surface area (Å²) in [4.78, 5) is 19.1. The number of nitrogens with zero attached hydrogens (tertiary/aromatic N) is 2. The summed E-state index contributed by atoms with van der Waals surface area (Å²) in [5.74, 6) is 0.480. The van der Waals surface area contributed by atoms with E-state index in [1.807, 2.05) is 36.6 Å². The molecule has 0 bridgehead atoms. The van der Waals surface area contributed by atoms with Gasteiger partial charge in [0.2, 0.25) is 0 Å². The van der Waals surface area contributed by atoms with E-state index < -0.39 is 6.10 Å². The number of aromatic nitrogens is 1. The Hall–Kier alpha value is -1.96. The summed E-state index contributed by atoms with van der Waals surface area (Å²) >= 11 is 1.44. The van der Waals surface area contributed by atoms with E-state index in [0.717, 1.165) is 44.1 Å². The summed E-state index contributed by atoms with van der Waals surface area (Å²) < 4.78 is 11.0. The molecular weight excluding hydrogens is 338 g/mol. The van der Waals surface area contributed by atoms with Crippen LogP contribution in [-0.4, -0.2) is 48.2 Å². The highest BCUT2D eigenvalue weighted by atomic mass is 32.1. The van der Waals surface area contributed by atoms with E-state index in [4.69, 9.17) is 9.47 Å². The minimum absolute atomic E-state index is 0.201. The summed E-state index contributed by atoms with van der Waals surface area (Å²) in [6.07, 6.45) is -0.589. The second kappa shape index (κ2) is 8.42. The fourth-order valence-corrected chi connectivity index (χ4v) is 3.21. The molecule has 25 heavy (non-hydrogen) atoms. The molecule has 1 aromatic heterocycles. The van der Waals surface area contributed by atoms with Gasteiger partial charge in [-0.25, -0.2) is 4.98 Å². The monoisotopic (exact) mass is 361 g/mol. The van der Waals surface area contributed by atoms with Crippen LogP contribution in [0.25, 0.3) is 0 Å². The molecule has 1 amide bonds. The van der Waals surface area contributed by atoms with Crippen LogP contribution >= 0.6 is 11.3 Å². The van der Waals surface area contributed by atoms with E-state index in [1.165, 1.54) is 11.3 Å². The Morgan fingerprint density at radius 3 is 2.80 bits per heavy atom. The van der Waals surface area contributed by atoms with Gasteiger partial charge < -0.3 is 9.47 Å². The van der Waals surface area contributed by atoms with Crippen LogP contribution in [0.15, 0.2) is 29.6 Å². The summed E-state index contributed by atoms with van der Waals surface area (Å²) in [6.45, 7) is 7.89. The van der Waals surface area contributed by atoms with E-state index in [-0.39, 0.29) is 5.91 Å². The fraction of sp³-hybridized carbons (Fsp3) is 0.444. The van der Waals surface area contributed by atoms with E-state index in [1.54, 1.807) is 6.92 Å². The minimum atomic E-state index is -0.589. The number of aryl methyl sites for hydroxylation is 1. The smallest absolute Gasteiger partial charge is 0.266 e. The predicted molar refractivity (Wildman–Crippen MR) is 98.1 cm³/mol. The van der Waals surface area contributed by atoms with Crippen molar-refractivity contribution < 1.29 is 14.3 Å². The molecule has 3 rings (SSSR count). The molecule has 0 aliphatic carbocycles. The number of anilines is 1. The first-order valence-electron chi connectivity index (χ1n) is 8.39. The molecule has 1 aliphatic heterocycles. The van der Waals surface area contributed by atoms with Crippen LogP contribution in [0.5, 0.6) is 5.75 Å². The van der Waals surface area contributed by atoms with Crippen LogP contribution in [0, 0.1) is 6.92 Å². The van der Waals surface area contributed by atoms with Crippen LogP contribution in [0.1, 0.15) is 18.2 Å². The summed E-state index contributed by atoms with van der Waals surface area (Å²) in [5, 5.41) is 5.42. The number of nitrogens with one attached hydrogen (secondary N) is 1. The van der Waals surface area contributed by atoms with Crippen LogP contribution < -0.4 is 10.1 Å². The van der Waals surface area contributed by atoms with E-state index in [2.05, 4.69) is 15.2 Å². The highest BCUT2D eigenvalue weighted by Gasteiger charge is 2.17. The number of amides is 1. The number of hydrogen-bond donors (Lipinski definition) is 1. The van der Waals surface area contributed by atoms with Gasteiger partial charge in [-0.1, -0.05) is 17.7 Å². The van der Waals surface area contributed by atoms with Gasteiger partial charge in [0.05, 0.1) is 18.9 Å². The summed E-state index contributed by atoms with van der Waals surface area (Å²) in [6, 6.07) is 7.64. The Balaban J connectivity index is 1.51. The standard InChI is InChI=1S/C18H23N3O3S/c1-13-3-5-16(6-4-13)24-14(2)17(22)20-18-19-15(12-25-18)11-21-7-9-23-10-8-21/h3-6,12,14H,7-11H2,1-2H3,(H,19,20,22). The molecule has 0 radical (unpaired) electrons. The van der Waals surface area contributed by atoms with E-state index in [0.29, 0.717) is 10.9 Å². The van der Waals surface area contributed by atoms with Crippen LogP contribution in [0.4, 0.5) is 5.13 Å². The van der Waals surface area contributed by atoms with Crippen LogP contribution in [0.3, 0.4) is 0 Å². The average molecular weight is 361 g/mol. The first-order chi connectivity index (χ1) is 12.1. The molecule has 6 nitrogen and oxygen atoms in total. The molecule has 0 spiro atoms. The third-order valence-corrected chi connectivity index (χ3v) is 4.78.